The third-order valence-corrected chi connectivity index (χ3v) is 15.7. The molecule has 4 aliphatic rings. The molecule has 0 aromatic heterocycles. The molecule has 4 N–H and O–H groups in total. The van der Waals surface area contributed by atoms with Crippen LogP contribution in [0, 0.1) is 58.2 Å². The number of allylic oxidation sites excluding steroid dienone is 1. The Morgan fingerprint density at radius 1 is 0.792 bits per heavy atom. The van der Waals surface area contributed by atoms with E-state index in [1.807, 2.05) is 6.08 Å². The Hall–Kier alpha value is -2.70. The minimum absolute atomic E-state index is 0.122. The lowest BCUT2D eigenvalue weighted by Crippen LogP contribution is -2.53. The summed E-state index contributed by atoms with van der Waals surface area (Å²) in [7, 11) is 0. The number of hydrogen-bond donors (Lipinski definition) is 4. The highest BCUT2D eigenvalue weighted by molar-refractivity contribution is 6.33. The van der Waals surface area contributed by atoms with Gasteiger partial charge < -0.3 is 20.4 Å². The van der Waals surface area contributed by atoms with Crippen molar-refractivity contribution in [3.8, 4) is 11.5 Å². The second-order valence-corrected chi connectivity index (χ2v) is 19.2. The molecule has 1 unspecified atom stereocenters. The summed E-state index contributed by atoms with van der Waals surface area (Å²) in [4.78, 5) is 23.9. The second-order valence-electron chi connectivity index (χ2n) is 18.3. The summed E-state index contributed by atoms with van der Waals surface area (Å²) in [5.74, 6) is 2.64. The molecule has 0 amide bonds. The summed E-state index contributed by atoms with van der Waals surface area (Å²) in [5, 5.41) is 40.0. The van der Waals surface area contributed by atoms with Gasteiger partial charge in [-0.2, -0.15) is 0 Å². The molecule has 0 heterocycles. The standard InChI is InChI=1S/C45H60Cl2O6/c1-25(2)8-6-9-26(3)35-14-15-36-32-13-12-30-20-27(16-18-44(30,4)37(32)17-19-45(35,36)5)10-7-11-31(28-21-33(42(50)51)40(48)38(46)23-28)29-22-34(43(52)53)41(49)39(47)24-29/h11,21-27,30,32,35-37,48-49H,6-10,12-20H2,1-5H3,(H,50,51)(H,52,53)/t26-,27+,30?,32+,35-,36+,37+,44+,45-/m1/s1. The Morgan fingerprint density at radius 2 is 1.38 bits per heavy atom. The number of phenols is 2. The first-order valence-corrected chi connectivity index (χ1v) is 21.0. The van der Waals surface area contributed by atoms with E-state index in [1.54, 1.807) is 0 Å². The minimum Gasteiger partial charge on any atom is -0.505 e. The molecular weight excluding hydrogens is 707 g/mol. The average Bonchev–Trinajstić information content (AvgIpc) is 3.46. The van der Waals surface area contributed by atoms with Crippen LogP contribution in [0.2, 0.25) is 10.0 Å². The van der Waals surface area contributed by atoms with Crippen LogP contribution >= 0.6 is 23.2 Å². The van der Waals surface area contributed by atoms with Crippen LogP contribution in [-0.2, 0) is 0 Å². The number of carbonyl (C=O) groups is 2. The lowest BCUT2D eigenvalue weighted by atomic mass is 9.44. The van der Waals surface area contributed by atoms with Gasteiger partial charge in [-0.1, -0.05) is 83.2 Å². The van der Waals surface area contributed by atoms with Crippen LogP contribution < -0.4 is 0 Å². The molecule has 2 aromatic rings. The number of halogens is 2. The number of benzene rings is 2. The van der Waals surface area contributed by atoms with E-state index in [0.29, 0.717) is 39.9 Å². The molecule has 0 saturated heterocycles. The third kappa shape index (κ3) is 7.75. The molecule has 4 aliphatic carbocycles. The molecule has 6 rings (SSSR count). The van der Waals surface area contributed by atoms with Gasteiger partial charge in [-0.15, -0.1) is 0 Å². The largest absolute Gasteiger partial charge is 0.505 e. The first kappa shape index (κ1) is 40.0. The Morgan fingerprint density at radius 3 is 1.96 bits per heavy atom. The molecule has 6 nitrogen and oxygen atoms in total. The van der Waals surface area contributed by atoms with Crippen LogP contribution in [0.15, 0.2) is 30.3 Å². The number of carboxylic acids is 2. The van der Waals surface area contributed by atoms with Crippen LogP contribution in [0.4, 0.5) is 0 Å². The summed E-state index contributed by atoms with van der Waals surface area (Å²) in [6.45, 7) is 12.6. The van der Waals surface area contributed by atoms with E-state index in [1.165, 1.54) is 101 Å². The SMILES string of the molecule is CC(C)CCC[C@@H](C)[C@H]1CC[C@H]2[C@@H]3CCC4C[C@@H](CCC=C(c5cc(Cl)c(O)c(C(=O)O)c5)c5cc(Cl)c(O)c(C(=O)O)c5)CC[C@]4(C)[C@H]3CC[C@]12C. The maximum Gasteiger partial charge on any atom is 0.339 e. The smallest absolute Gasteiger partial charge is 0.339 e. The highest BCUT2D eigenvalue weighted by Crippen LogP contribution is 2.69. The number of fused-ring (bicyclic) bond motifs is 5. The fraction of sp³-hybridized carbons (Fsp3) is 0.644. The van der Waals surface area contributed by atoms with E-state index in [4.69, 9.17) is 23.2 Å². The number of hydrogen-bond acceptors (Lipinski definition) is 4. The van der Waals surface area contributed by atoms with Crippen molar-refractivity contribution < 1.29 is 30.0 Å². The topological polar surface area (TPSA) is 115 Å². The van der Waals surface area contributed by atoms with E-state index in [0.717, 1.165) is 47.8 Å². The van der Waals surface area contributed by atoms with Crippen molar-refractivity contribution >= 4 is 40.7 Å². The van der Waals surface area contributed by atoms with Crippen molar-refractivity contribution in [2.75, 3.05) is 0 Å². The van der Waals surface area contributed by atoms with Crippen molar-refractivity contribution in [2.24, 2.45) is 58.2 Å². The Balaban J connectivity index is 1.17. The molecule has 4 fully saturated rings. The van der Waals surface area contributed by atoms with Gasteiger partial charge in [0.1, 0.15) is 22.6 Å². The Kier molecular flexibility index (Phi) is 11.9. The Bertz CT molecular complexity index is 1660. The fourth-order valence-electron chi connectivity index (χ4n) is 12.3. The molecular formula is C45H60Cl2O6. The number of aromatic carboxylic acids is 2. The quantitative estimate of drug-likeness (QED) is 0.171. The van der Waals surface area contributed by atoms with Crippen LogP contribution in [0.25, 0.3) is 5.57 Å². The number of rotatable bonds is 12. The van der Waals surface area contributed by atoms with Crippen LogP contribution in [0.3, 0.4) is 0 Å². The molecule has 9 atom stereocenters. The summed E-state index contributed by atoms with van der Waals surface area (Å²) in [6, 6.07) is 5.65. The van der Waals surface area contributed by atoms with Gasteiger partial charge in [0.2, 0.25) is 0 Å². The zero-order valence-corrected chi connectivity index (χ0v) is 33.8. The van der Waals surface area contributed by atoms with Gasteiger partial charge in [0.15, 0.2) is 0 Å². The van der Waals surface area contributed by atoms with Crippen molar-refractivity contribution in [3.05, 3.63) is 62.6 Å². The van der Waals surface area contributed by atoms with Crippen LogP contribution in [0.5, 0.6) is 11.5 Å². The third-order valence-electron chi connectivity index (χ3n) is 15.1. The number of aromatic hydroxyl groups is 2. The van der Waals surface area contributed by atoms with Crippen molar-refractivity contribution in [2.45, 2.75) is 125 Å². The maximum absolute atomic E-state index is 12.0. The summed E-state index contributed by atoms with van der Waals surface area (Å²) < 4.78 is 0. The predicted molar refractivity (Wildman–Crippen MR) is 213 cm³/mol. The highest BCUT2D eigenvalue weighted by Gasteiger charge is 2.60. The molecule has 8 heteroatoms. The summed E-state index contributed by atoms with van der Waals surface area (Å²) in [6.07, 6.45) is 19.8. The van der Waals surface area contributed by atoms with E-state index < -0.39 is 23.4 Å². The molecule has 4 saturated carbocycles. The van der Waals surface area contributed by atoms with Gasteiger partial charge in [0.05, 0.1) is 10.0 Å². The first-order chi connectivity index (χ1) is 25.0. The van der Waals surface area contributed by atoms with Gasteiger partial charge in [0.25, 0.3) is 0 Å². The summed E-state index contributed by atoms with van der Waals surface area (Å²) in [5.41, 5.74) is 1.58. The predicted octanol–water partition coefficient (Wildman–Crippen LogP) is 12.8. The van der Waals surface area contributed by atoms with Gasteiger partial charge in [0, 0.05) is 0 Å². The van der Waals surface area contributed by atoms with E-state index in [-0.39, 0.29) is 21.2 Å². The van der Waals surface area contributed by atoms with E-state index in [9.17, 15) is 30.0 Å². The van der Waals surface area contributed by atoms with Gasteiger partial charge in [-0.25, -0.2) is 9.59 Å². The molecule has 0 radical (unpaired) electrons. The fourth-order valence-corrected chi connectivity index (χ4v) is 12.8. The van der Waals surface area contributed by atoms with Crippen LogP contribution in [-0.4, -0.2) is 32.4 Å². The molecule has 2 aromatic carbocycles. The van der Waals surface area contributed by atoms with Crippen molar-refractivity contribution in [1.82, 2.24) is 0 Å². The maximum atomic E-state index is 12.0. The molecule has 0 aliphatic heterocycles. The van der Waals surface area contributed by atoms with Gasteiger partial charge in [-0.3, -0.25) is 0 Å². The number of carboxylic acid groups (broad SMARTS) is 2. The highest BCUT2D eigenvalue weighted by atomic mass is 35.5. The lowest BCUT2D eigenvalue weighted by molar-refractivity contribution is -0.121. The first-order valence-electron chi connectivity index (χ1n) is 20.3. The van der Waals surface area contributed by atoms with Crippen molar-refractivity contribution in [1.29, 1.82) is 0 Å². The van der Waals surface area contributed by atoms with Gasteiger partial charge >= 0.3 is 11.9 Å². The normalized spacial score (nSPS) is 31.3. The summed E-state index contributed by atoms with van der Waals surface area (Å²) >= 11 is 12.6. The monoisotopic (exact) mass is 766 g/mol. The molecule has 53 heavy (non-hydrogen) atoms. The van der Waals surface area contributed by atoms with E-state index in [2.05, 4.69) is 34.6 Å². The second kappa shape index (κ2) is 15.8. The minimum atomic E-state index is -1.33. The van der Waals surface area contributed by atoms with Gasteiger partial charge in [-0.05, 0) is 170 Å². The molecule has 0 bridgehead atoms. The lowest BCUT2D eigenvalue weighted by Gasteiger charge is -2.61. The zero-order chi connectivity index (χ0) is 38.4. The zero-order valence-electron chi connectivity index (χ0n) is 32.3. The van der Waals surface area contributed by atoms with Crippen LogP contribution in [0.1, 0.15) is 156 Å². The molecule has 0 spiro atoms. The molecule has 290 valence electrons. The van der Waals surface area contributed by atoms with E-state index >= 15 is 0 Å². The average molecular weight is 768 g/mol. The Labute approximate surface area is 326 Å². The van der Waals surface area contributed by atoms with Crippen molar-refractivity contribution in [3.63, 3.8) is 0 Å².